The van der Waals surface area contributed by atoms with E-state index in [1.54, 1.807) is 20.8 Å². The first-order chi connectivity index (χ1) is 14.8. The average Bonchev–Trinajstić information content (AvgIpc) is 3.30. The first kappa shape index (κ1) is 22.0. The van der Waals surface area contributed by atoms with E-state index in [-0.39, 0.29) is 25.2 Å². The van der Waals surface area contributed by atoms with Gasteiger partial charge in [-0.15, -0.1) is 0 Å². The third kappa shape index (κ3) is 2.00. The summed E-state index contributed by atoms with van der Waals surface area (Å²) < 4.78 is 17.6. The molecular weight excluding hydrogens is 416 g/mol. The van der Waals surface area contributed by atoms with Gasteiger partial charge in [0.2, 0.25) is 0 Å². The maximum atomic E-state index is 13.7. The van der Waals surface area contributed by atoms with Gasteiger partial charge in [-0.3, -0.25) is 9.59 Å². The summed E-state index contributed by atoms with van der Waals surface area (Å²) in [5.41, 5.74) is -4.01. The van der Waals surface area contributed by atoms with Crippen molar-refractivity contribution >= 4 is 17.7 Å². The predicted molar refractivity (Wildman–Crippen MR) is 110 cm³/mol. The summed E-state index contributed by atoms with van der Waals surface area (Å²) in [4.78, 5) is 38.7. The van der Waals surface area contributed by atoms with Crippen molar-refractivity contribution < 1.29 is 38.8 Å². The monoisotopic (exact) mass is 448 g/mol. The van der Waals surface area contributed by atoms with Gasteiger partial charge in [-0.05, 0) is 33.1 Å². The lowest BCUT2D eigenvalue weighted by molar-refractivity contribution is -0.369. The molecule has 2 unspecified atom stereocenters. The summed E-state index contributed by atoms with van der Waals surface area (Å²) in [6.45, 7) is 8.31. The standard InChI is InChI=1S/C24H32O8/c1-12-7-6-8-15(12)18(27)32-24-19(28)22-10-17(26)21(24,5)20(4,11-30-24)23(22,29)9-16(13(22)2)31-14(3)25/h13,16,19,28-29H,6-11H2,1-5H3/t13-,16-,19+,20-,21?,22?,23-,24-/m0/s1. The Labute approximate surface area is 187 Å². The number of esters is 2. The Morgan fingerprint density at radius 3 is 2.50 bits per heavy atom. The number of rotatable bonds is 3. The normalized spacial score (nSPS) is 51.2. The molecule has 0 radical (unpaired) electrons. The molecule has 5 aliphatic carbocycles. The second kappa shape index (κ2) is 6.21. The molecule has 8 heteroatoms. The highest BCUT2D eigenvalue weighted by Crippen LogP contribution is 2.80. The van der Waals surface area contributed by atoms with Gasteiger partial charge in [-0.2, -0.15) is 0 Å². The van der Waals surface area contributed by atoms with Crippen LogP contribution in [0.2, 0.25) is 0 Å². The molecule has 0 amide bonds. The summed E-state index contributed by atoms with van der Waals surface area (Å²) in [6, 6.07) is 0. The third-order valence-corrected chi connectivity index (χ3v) is 10.1. The predicted octanol–water partition coefficient (Wildman–Crippen LogP) is 1.81. The molecule has 6 aliphatic rings. The van der Waals surface area contributed by atoms with E-state index in [0.29, 0.717) is 12.0 Å². The summed E-state index contributed by atoms with van der Waals surface area (Å²) in [6.07, 6.45) is 0.0945. The molecule has 1 spiro atoms. The summed E-state index contributed by atoms with van der Waals surface area (Å²) >= 11 is 0. The highest BCUT2D eigenvalue weighted by molar-refractivity contribution is 5.94. The Kier molecular flexibility index (Phi) is 4.28. The minimum absolute atomic E-state index is 0.0601. The number of carbonyl (C=O) groups is 3. The fraction of sp³-hybridized carbons (Fsp3) is 0.792. The average molecular weight is 449 g/mol. The SMILES string of the molecule is CC(=O)O[C@H]1C[C@@]2(O)C3(CC(=O)C4(C)[C@](OC(=O)C5=C(C)CCC5)(OC[C@@]42C)[C@@H]3O)[C@H]1C. The van der Waals surface area contributed by atoms with E-state index in [4.69, 9.17) is 14.2 Å². The van der Waals surface area contributed by atoms with Crippen LogP contribution in [-0.2, 0) is 28.6 Å². The summed E-state index contributed by atoms with van der Waals surface area (Å²) in [7, 11) is 0. The number of aliphatic hydroxyl groups excluding tert-OH is 1. The highest BCUT2D eigenvalue weighted by Gasteiger charge is 2.94. The smallest absolute Gasteiger partial charge is 0.336 e. The zero-order valence-corrected chi connectivity index (χ0v) is 19.3. The van der Waals surface area contributed by atoms with Crippen molar-refractivity contribution in [3.63, 3.8) is 0 Å². The molecule has 0 aromatic carbocycles. The van der Waals surface area contributed by atoms with Gasteiger partial charge in [0, 0.05) is 42.1 Å². The van der Waals surface area contributed by atoms with Crippen LogP contribution in [0.3, 0.4) is 0 Å². The summed E-state index contributed by atoms with van der Waals surface area (Å²) in [5, 5.41) is 24.1. The van der Waals surface area contributed by atoms with E-state index in [1.165, 1.54) is 6.92 Å². The lowest BCUT2D eigenvalue weighted by Crippen LogP contribution is -2.84. The second-order valence-corrected chi connectivity index (χ2v) is 11.0. The van der Waals surface area contributed by atoms with Gasteiger partial charge < -0.3 is 24.4 Å². The zero-order chi connectivity index (χ0) is 23.5. The molecule has 6 rings (SSSR count). The number of aliphatic hydroxyl groups is 2. The quantitative estimate of drug-likeness (QED) is 0.628. The van der Waals surface area contributed by atoms with Crippen LogP contribution in [-0.4, -0.2) is 58.1 Å². The molecule has 8 atom stereocenters. The van der Waals surface area contributed by atoms with Gasteiger partial charge in [0.15, 0.2) is 0 Å². The summed E-state index contributed by atoms with van der Waals surface area (Å²) in [5.74, 6) is -3.74. The second-order valence-electron chi connectivity index (χ2n) is 11.0. The van der Waals surface area contributed by atoms with E-state index in [2.05, 4.69) is 0 Å². The number of allylic oxidation sites excluding steroid dienone is 1. The van der Waals surface area contributed by atoms with Crippen molar-refractivity contribution in [2.45, 2.75) is 90.3 Å². The molecule has 0 aromatic rings. The van der Waals surface area contributed by atoms with Gasteiger partial charge in [0.05, 0.1) is 12.2 Å². The molecular formula is C24H32O8. The van der Waals surface area contributed by atoms with Gasteiger partial charge in [0.1, 0.15) is 23.4 Å². The van der Waals surface area contributed by atoms with E-state index >= 15 is 0 Å². The van der Waals surface area contributed by atoms with Crippen LogP contribution in [0.1, 0.15) is 66.7 Å². The molecule has 4 bridgehead atoms. The number of Topliss-reactive ketones (excluding diaryl/α,β-unsaturated/α-hetero) is 1. The lowest BCUT2D eigenvalue weighted by atomic mass is 9.35. The largest absolute Gasteiger partial charge is 0.462 e. The van der Waals surface area contributed by atoms with Crippen LogP contribution in [0.5, 0.6) is 0 Å². The van der Waals surface area contributed by atoms with E-state index < -0.39 is 57.7 Å². The highest BCUT2D eigenvalue weighted by atomic mass is 16.7. The molecule has 2 N–H and O–H groups in total. The number of ether oxygens (including phenoxy) is 3. The molecule has 32 heavy (non-hydrogen) atoms. The van der Waals surface area contributed by atoms with Crippen LogP contribution >= 0.6 is 0 Å². The third-order valence-electron chi connectivity index (χ3n) is 10.1. The first-order valence-electron chi connectivity index (χ1n) is 11.5. The fourth-order valence-corrected chi connectivity index (χ4v) is 7.99. The first-order valence-corrected chi connectivity index (χ1v) is 11.5. The topological polar surface area (TPSA) is 119 Å². The molecule has 1 aliphatic heterocycles. The van der Waals surface area contributed by atoms with Crippen LogP contribution in [0, 0.1) is 22.2 Å². The van der Waals surface area contributed by atoms with Gasteiger partial charge >= 0.3 is 11.9 Å². The van der Waals surface area contributed by atoms with E-state index in [0.717, 1.165) is 18.4 Å². The molecule has 176 valence electrons. The number of ketones is 1. The van der Waals surface area contributed by atoms with Crippen molar-refractivity contribution in [1.29, 1.82) is 0 Å². The maximum Gasteiger partial charge on any atom is 0.336 e. The van der Waals surface area contributed by atoms with Crippen molar-refractivity contribution in [3.8, 4) is 0 Å². The minimum Gasteiger partial charge on any atom is -0.462 e. The Hall–Kier alpha value is -1.77. The Balaban J connectivity index is 1.67. The lowest BCUT2D eigenvalue weighted by Gasteiger charge is -2.70. The zero-order valence-electron chi connectivity index (χ0n) is 19.3. The molecule has 0 aromatic heterocycles. The molecule has 1 saturated heterocycles. The van der Waals surface area contributed by atoms with Crippen molar-refractivity contribution in [2.24, 2.45) is 22.2 Å². The molecule has 1 heterocycles. The number of carbonyl (C=O) groups excluding carboxylic acids is 3. The number of hydrogen-bond acceptors (Lipinski definition) is 8. The fourth-order valence-electron chi connectivity index (χ4n) is 7.99. The Morgan fingerprint density at radius 2 is 1.91 bits per heavy atom. The van der Waals surface area contributed by atoms with Crippen LogP contribution in [0.25, 0.3) is 0 Å². The minimum atomic E-state index is -1.91. The molecule has 4 saturated carbocycles. The Morgan fingerprint density at radius 1 is 1.22 bits per heavy atom. The molecule has 8 nitrogen and oxygen atoms in total. The van der Waals surface area contributed by atoms with Crippen LogP contribution in [0.15, 0.2) is 11.1 Å². The molecule has 5 fully saturated rings. The number of fused-ring (bicyclic) bond motifs is 1. The number of hydrogen-bond donors (Lipinski definition) is 2. The van der Waals surface area contributed by atoms with E-state index in [1.807, 2.05) is 6.92 Å². The van der Waals surface area contributed by atoms with Crippen LogP contribution < -0.4 is 0 Å². The van der Waals surface area contributed by atoms with Crippen molar-refractivity contribution in [2.75, 3.05) is 6.61 Å². The van der Waals surface area contributed by atoms with E-state index in [9.17, 15) is 24.6 Å². The van der Waals surface area contributed by atoms with Gasteiger partial charge in [-0.25, -0.2) is 4.79 Å². The van der Waals surface area contributed by atoms with Crippen molar-refractivity contribution in [3.05, 3.63) is 11.1 Å². The van der Waals surface area contributed by atoms with Crippen molar-refractivity contribution in [1.82, 2.24) is 0 Å². The van der Waals surface area contributed by atoms with Gasteiger partial charge in [-0.1, -0.05) is 19.4 Å². The van der Waals surface area contributed by atoms with Crippen LogP contribution in [0.4, 0.5) is 0 Å². The Bertz CT molecular complexity index is 971. The van der Waals surface area contributed by atoms with Gasteiger partial charge in [0.25, 0.3) is 5.79 Å². The maximum absolute atomic E-state index is 13.7.